The lowest BCUT2D eigenvalue weighted by molar-refractivity contribution is 0.0591. The predicted octanol–water partition coefficient (Wildman–Crippen LogP) is 3.39. The number of para-hydroxylation sites is 2. The van der Waals surface area contributed by atoms with Crippen molar-refractivity contribution in [2.45, 2.75) is 32.8 Å². The van der Waals surface area contributed by atoms with Gasteiger partial charge in [-0.1, -0.05) is 12.1 Å². The van der Waals surface area contributed by atoms with E-state index in [1.165, 1.54) is 11.3 Å². The van der Waals surface area contributed by atoms with Gasteiger partial charge in [0.05, 0.1) is 27.9 Å². The molecule has 0 atom stereocenters. The number of rotatable bonds is 3. The summed E-state index contributed by atoms with van der Waals surface area (Å²) in [6.45, 7) is 5.19. The van der Waals surface area contributed by atoms with Crippen LogP contribution in [0.3, 0.4) is 0 Å². The van der Waals surface area contributed by atoms with Crippen LogP contribution in [0.15, 0.2) is 30.5 Å². The van der Waals surface area contributed by atoms with Gasteiger partial charge in [0.1, 0.15) is 11.0 Å². The molecule has 0 radical (unpaired) electrons. The third-order valence-corrected chi connectivity index (χ3v) is 5.60. The number of fused-ring (bicyclic) bond motifs is 1. The van der Waals surface area contributed by atoms with E-state index >= 15 is 0 Å². The van der Waals surface area contributed by atoms with E-state index in [1.807, 2.05) is 43.0 Å². The molecular formula is C19H20N4O2S. The standard InChI is InChI=1S/C19H20N4O2S/c1-12-18(26-13(2)21-12)19(24)23-9-7-14(8-10-23)25-17-11-20-15-5-3-4-6-16(15)22-17/h3-6,11,14H,7-10H2,1-2H3. The monoisotopic (exact) mass is 368 g/mol. The Hall–Kier alpha value is -2.54. The summed E-state index contributed by atoms with van der Waals surface area (Å²) in [6.07, 6.45) is 3.30. The average Bonchev–Trinajstić information content (AvgIpc) is 3.00. The van der Waals surface area contributed by atoms with E-state index in [2.05, 4.69) is 15.0 Å². The van der Waals surface area contributed by atoms with Gasteiger partial charge in [0, 0.05) is 25.9 Å². The molecule has 0 saturated carbocycles. The first-order valence-corrected chi connectivity index (χ1v) is 9.53. The number of likely N-dealkylation sites (tertiary alicyclic amines) is 1. The fraction of sp³-hybridized carbons (Fsp3) is 0.368. The molecular weight excluding hydrogens is 348 g/mol. The Morgan fingerprint density at radius 3 is 2.58 bits per heavy atom. The Morgan fingerprint density at radius 1 is 1.15 bits per heavy atom. The molecule has 1 aromatic carbocycles. The van der Waals surface area contributed by atoms with Crippen LogP contribution in [0.1, 0.15) is 33.2 Å². The van der Waals surface area contributed by atoms with Crippen LogP contribution < -0.4 is 4.74 Å². The second-order valence-electron chi connectivity index (χ2n) is 6.45. The quantitative estimate of drug-likeness (QED) is 0.709. The van der Waals surface area contributed by atoms with Gasteiger partial charge in [0.25, 0.3) is 5.91 Å². The van der Waals surface area contributed by atoms with Crippen LogP contribution in [0, 0.1) is 13.8 Å². The number of benzene rings is 1. The minimum absolute atomic E-state index is 0.0545. The van der Waals surface area contributed by atoms with E-state index in [4.69, 9.17) is 4.74 Å². The van der Waals surface area contributed by atoms with Crippen molar-refractivity contribution in [3.8, 4) is 5.88 Å². The highest BCUT2D eigenvalue weighted by molar-refractivity contribution is 7.13. The van der Waals surface area contributed by atoms with Crippen molar-refractivity contribution >= 4 is 28.3 Å². The summed E-state index contributed by atoms with van der Waals surface area (Å²) >= 11 is 1.47. The van der Waals surface area contributed by atoms with Crippen molar-refractivity contribution in [2.75, 3.05) is 13.1 Å². The van der Waals surface area contributed by atoms with Gasteiger partial charge >= 0.3 is 0 Å². The molecule has 4 rings (SSSR count). The maximum atomic E-state index is 12.7. The van der Waals surface area contributed by atoms with E-state index in [0.717, 1.165) is 39.5 Å². The maximum absolute atomic E-state index is 12.7. The van der Waals surface area contributed by atoms with Crippen LogP contribution in [0.2, 0.25) is 0 Å². The van der Waals surface area contributed by atoms with Crippen molar-refractivity contribution in [3.05, 3.63) is 46.0 Å². The van der Waals surface area contributed by atoms with Crippen LogP contribution in [0.25, 0.3) is 11.0 Å². The van der Waals surface area contributed by atoms with Gasteiger partial charge in [-0.3, -0.25) is 4.79 Å². The van der Waals surface area contributed by atoms with Gasteiger partial charge in [-0.15, -0.1) is 11.3 Å². The van der Waals surface area contributed by atoms with Gasteiger partial charge in [0.15, 0.2) is 0 Å². The molecule has 1 saturated heterocycles. The molecule has 1 aliphatic heterocycles. The van der Waals surface area contributed by atoms with Crippen LogP contribution in [-0.4, -0.2) is 45.0 Å². The zero-order valence-electron chi connectivity index (χ0n) is 14.8. The van der Waals surface area contributed by atoms with Crippen molar-refractivity contribution in [1.82, 2.24) is 19.9 Å². The highest BCUT2D eigenvalue weighted by Gasteiger charge is 2.27. The number of aromatic nitrogens is 3. The smallest absolute Gasteiger partial charge is 0.265 e. The molecule has 0 N–H and O–H groups in total. The number of ether oxygens (including phenoxy) is 1. The number of nitrogens with zero attached hydrogens (tertiary/aromatic N) is 4. The summed E-state index contributed by atoms with van der Waals surface area (Å²) in [5.74, 6) is 0.624. The number of amides is 1. The van der Waals surface area contributed by atoms with Gasteiger partial charge in [-0.2, -0.15) is 0 Å². The Balaban J connectivity index is 1.38. The number of carbonyl (C=O) groups is 1. The van der Waals surface area contributed by atoms with E-state index in [0.29, 0.717) is 19.0 Å². The van der Waals surface area contributed by atoms with Crippen molar-refractivity contribution < 1.29 is 9.53 Å². The Bertz CT molecular complexity index is 948. The Kier molecular flexibility index (Phi) is 4.55. The molecule has 1 fully saturated rings. The van der Waals surface area contributed by atoms with Gasteiger partial charge < -0.3 is 9.64 Å². The SMILES string of the molecule is Cc1nc(C)c(C(=O)N2CCC(Oc3cnc4ccccc4n3)CC2)s1. The number of hydrogen-bond donors (Lipinski definition) is 0. The second-order valence-corrected chi connectivity index (χ2v) is 7.66. The van der Waals surface area contributed by atoms with Crippen LogP contribution in [0.5, 0.6) is 5.88 Å². The lowest BCUT2D eigenvalue weighted by atomic mass is 10.1. The highest BCUT2D eigenvalue weighted by Crippen LogP contribution is 2.23. The van der Waals surface area contributed by atoms with E-state index < -0.39 is 0 Å². The normalized spacial score (nSPS) is 15.4. The zero-order chi connectivity index (χ0) is 18.1. The molecule has 0 bridgehead atoms. The first kappa shape index (κ1) is 16.9. The summed E-state index contributed by atoms with van der Waals surface area (Å²) < 4.78 is 6.00. The third-order valence-electron chi connectivity index (χ3n) is 4.54. The van der Waals surface area contributed by atoms with Crippen molar-refractivity contribution in [1.29, 1.82) is 0 Å². The summed E-state index contributed by atoms with van der Waals surface area (Å²) in [4.78, 5) is 28.6. The minimum atomic E-state index is 0.0545. The largest absolute Gasteiger partial charge is 0.473 e. The lowest BCUT2D eigenvalue weighted by Crippen LogP contribution is -2.41. The molecule has 6 nitrogen and oxygen atoms in total. The second kappa shape index (κ2) is 6.99. The number of thiazole rings is 1. The number of aryl methyl sites for hydroxylation is 2. The molecule has 3 heterocycles. The Labute approximate surface area is 155 Å². The number of piperidine rings is 1. The van der Waals surface area contributed by atoms with Crippen LogP contribution >= 0.6 is 11.3 Å². The van der Waals surface area contributed by atoms with E-state index in [1.54, 1.807) is 6.20 Å². The number of hydrogen-bond acceptors (Lipinski definition) is 6. The van der Waals surface area contributed by atoms with Crippen molar-refractivity contribution in [3.63, 3.8) is 0 Å². The topological polar surface area (TPSA) is 68.2 Å². The highest BCUT2D eigenvalue weighted by atomic mass is 32.1. The van der Waals surface area contributed by atoms with E-state index in [-0.39, 0.29) is 12.0 Å². The molecule has 3 aromatic rings. The molecule has 2 aromatic heterocycles. The molecule has 7 heteroatoms. The fourth-order valence-corrected chi connectivity index (χ4v) is 4.11. The molecule has 1 aliphatic rings. The molecule has 134 valence electrons. The molecule has 26 heavy (non-hydrogen) atoms. The maximum Gasteiger partial charge on any atom is 0.265 e. The fourth-order valence-electron chi connectivity index (χ4n) is 3.22. The summed E-state index contributed by atoms with van der Waals surface area (Å²) in [7, 11) is 0. The molecule has 0 spiro atoms. The summed E-state index contributed by atoms with van der Waals surface area (Å²) in [5, 5.41) is 0.930. The summed E-state index contributed by atoms with van der Waals surface area (Å²) in [6, 6.07) is 7.74. The van der Waals surface area contributed by atoms with Crippen LogP contribution in [0.4, 0.5) is 0 Å². The van der Waals surface area contributed by atoms with Gasteiger partial charge in [-0.05, 0) is 26.0 Å². The van der Waals surface area contributed by atoms with E-state index in [9.17, 15) is 4.79 Å². The molecule has 0 aliphatic carbocycles. The minimum Gasteiger partial charge on any atom is -0.473 e. The van der Waals surface area contributed by atoms with Gasteiger partial charge in [-0.25, -0.2) is 15.0 Å². The number of carbonyl (C=O) groups excluding carboxylic acids is 1. The molecule has 0 unspecified atom stereocenters. The zero-order valence-corrected chi connectivity index (χ0v) is 15.6. The van der Waals surface area contributed by atoms with Gasteiger partial charge in [0.2, 0.25) is 5.88 Å². The lowest BCUT2D eigenvalue weighted by Gasteiger charge is -2.31. The first-order chi connectivity index (χ1) is 12.6. The molecule has 1 amide bonds. The Morgan fingerprint density at radius 2 is 1.88 bits per heavy atom. The predicted molar refractivity (Wildman–Crippen MR) is 101 cm³/mol. The first-order valence-electron chi connectivity index (χ1n) is 8.72. The third kappa shape index (κ3) is 3.39. The average molecular weight is 368 g/mol. The van der Waals surface area contributed by atoms with Crippen LogP contribution in [-0.2, 0) is 0 Å². The summed E-state index contributed by atoms with van der Waals surface area (Å²) in [5.41, 5.74) is 2.51. The van der Waals surface area contributed by atoms with Crippen molar-refractivity contribution in [2.24, 2.45) is 0 Å².